The van der Waals surface area contributed by atoms with Crippen LogP contribution in [0.3, 0.4) is 0 Å². The first-order valence-corrected chi connectivity index (χ1v) is 23.5. The SMILES string of the molecule is C=C1CCC(=O)N1OC(=O)CCOCCOCCOCCOCCNS(=O)(=O)c1c(N)ccc2c(-c3ccc(C(=O)NCCOCCOC)cc3C(=O)O)c3ccc(=N)c(S(=O)(=O)O)c-3oc12. The number of anilines is 1. The molecule has 2 heterocycles. The summed E-state index contributed by atoms with van der Waals surface area (Å²) in [4.78, 5) is 52.7. The van der Waals surface area contributed by atoms with Crippen molar-refractivity contribution in [1.82, 2.24) is 15.1 Å². The van der Waals surface area contributed by atoms with Gasteiger partial charge in [-0.25, -0.2) is 22.7 Å². The van der Waals surface area contributed by atoms with Crippen LogP contribution >= 0.6 is 0 Å². The number of carbonyl (C=O) groups excluding carboxylic acids is 3. The van der Waals surface area contributed by atoms with Crippen molar-refractivity contribution in [3.05, 3.63) is 71.2 Å². The lowest BCUT2D eigenvalue weighted by Crippen LogP contribution is -2.29. The van der Waals surface area contributed by atoms with Crippen LogP contribution in [-0.2, 0) is 63.0 Å². The first-order valence-electron chi connectivity index (χ1n) is 20.5. The van der Waals surface area contributed by atoms with Crippen molar-refractivity contribution >= 4 is 60.6 Å². The quantitative estimate of drug-likeness (QED) is 0.0205. The number of nitrogens with zero attached hydrogens (tertiary/aromatic N) is 1. The van der Waals surface area contributed by atoms with E-state index in [0.29, 0.717) is 25.3 Å². The number of hydroxylamine groups is 2. The number of fused-ring (bicyclic) bond motifs is 2. The summed E-state index contributed by atoms with van der Waals surface area (Å²) in [6, 6.07) is 8.52. The Morgan fingerprint density at radius 2 is 1.43 bits per heavy atom. The highest BCUT2D eigenvalue weighted by atomic mass is 32.2. The Kier molecular flexibility index (Phi) is 18.9. The van der Waals surface area contributed by atoms with Gasteiger partial charge in [-0.05, 0) is 48.4 Å². The molecule has 67 heavy (non-hydrogen) atoms. The molecule has 0 radical (unpaired) electrons. The second-order valence-corrected chi connectivity index (χ2v) is 17.4. The second-order valence-electron chi connectivity index (χ2n) is 14.4. The second kappa shape index (κ2) is 24.2. The van der Waals surface area contributed by atoms with Crippen LogP contribution in [0, 0.1) is 5.41 Å². The van der Waals surface area contributed by atoms with E-state index in [-0.39, 0.29) is 125 Å². The van der Waals surface area contributed by atoms with Gasteiger partial charge in [0.2, 0.25) is 10.0 Å². The van der Waals surface area contributed by atoms with Crippen molar-refractivity contribution in [3.8, 4) is 22.5 Å². The highest BCUT2D eigenvalue weighted by Gasteiger charge is 2.33. The highest BCUT2D eigenvalue weighted by molar-refractivity contribution is 7.90. The zero-order valence-corrected chi connectivity index (χ0v) is 38.0. The van der Waals surface area contributed by atoms with E-state index in [1.807, 2.05) is 0 Å². The minimum absolute atomic E-state index is 0.0550. The fourth-order valence-electron chi connectivity index (χ4n) is 6.60. The molecule has 0 spiro atoms. The van der Waals surface area contributed by atoms with E-state index in [9.17, 15) is 45.7 Å². The molecule has 5 rings (SSSR count). The fraction of sp³-hybridized carbons (Fsp3) is 0.405. The molecule has 7 N–H and O–H groups in total. The maximum atomic E-state index is 13.9. The molecule has 364 valence electrons. The maximum Gasteiger partial charge on any atom is 0.336 e. The van der Waals surface area contributed by atoms with Crippen LogP contribution in [0.5, 0.6) is 0 Å². The van der Waals surface area contributed by atoms with Crippen molar-refractivity contribution in [2.75, 3.05) is 98.6 Å². The van der Waals surface area contributed by atoms with E-state index in [2.05, 4.69) is 16.6 Å². The average molecular weight is 978 g/mol. The van der Waals surface area contributed by atoms with Crippen molar-refractivity contribution < 1.29 is 83.3 Å². The molecule has 3 aliphatic rings. The zero-order valence-electron chi connectivity index (χ0n) is 36.3. The molecule has 1 aliphatic carbocycles. The van der Waals surface area contributed by atoms with E-state index in [0.717, 1.165) is 17.2 Å². The number of methoxy groups -OCH3 is 1. The maximum absolute atomic E-state index is 13.9. The summed E-state index contributed by atoms with van der Waals surface area (Å²) >= 11 is 0. The van der Waals surface area contributed by atoms with Gasteiger partial charge in [0.05, 0.1) is 101 Å². The summed E-state index contributed by atoms with van der Waals surface area (Å²) < 4.78 is 104. The van der Waals surface area contributed by atoms with Crippen molar-refractivity contribution in [1.29, 1.82) is 5.41 Å². The predicted molar refractivity (Wildman–Crippen MR) is 235 cm³/mol. The van der Waals surface area contributed by atoms with Gasteiger partial charge in [0, 0.05) is 48.7 Å². The number of nitrogens with one attached hydrogen (secondary N) is 3. The number of nitrogens with two attached hydrogens (primary N) is 1. The summed E-state index contributed by atoms with van der Waals surface area (Å²) in [7, 11) is -8.34. The van der Waals surface area contributed by atoms with Gasteiger partial charge in [0.25, 0.3) is 21.9 Å². The van der Waals surface area contributed by atoms with Crippen molar-refractivity contribution in [2.24, 2.45) is 0 Å². The Balaban J connectivity index is 1.22. The fourth-order valence-corrected chi connectivity index (χ4v) is 8.60. The van der Waals surface area contributed by atoms with Crippen LogP contribution in [0.2, 0.25) is 0 Å². The first-order chi connectivity index (χ1) is 32.0. The molecule has 0 aromatic heterocycles. The summed E-state index contributed by atoms with van der Waals surface area (Å²) in [6.45, 7) is 5.24. The molecule has 2 aromatic carbocycles. The van der Waals surface area contributed by atoms with Crippen molar-refractivity contribution in [2.45, 2.75) is 29.1 Å². The van der Waals surface area contributed by atoms with Gasteiger partial charge in [-0.1, -0.05) is 12.6 Å². The van der Waals surface area contributed by atoms with Crippen molar-refractivity contribution in [3.63, 3.8) is 0 Å². The average Bonchev–Trinajstić information content (AvgIpc) is 3.59. The Hall–Kier alpha value is -5.87. The molecule has 23 nitrogen and oxygen atoms in total. The lowest BCUT2D eigenvalue weighted by molar-refractivity contribution is -0.187. The Morgan fingerprint density at radius 3 is 2.04 bits per heavy atom. The third kappa shape index (κ3) is 13.8. The number of aromatic carboxylic acids is 1. The molecule has 0 atom stereocenters. The van der Waals surface area contributed by atoms with E-state index in [1.165, 1.54) is 37.4 Å². The first kappa shape index (κ1) is 52.1. The molecule has 0 unspecified atom stereocenters. The molecular formula is C42H51N5O18S2. The number of nitrogen functional groups attached to an aromatic ring is 1. The van der Waals surface area contributed by atoms with Gasteiger partial charge in [-0.3, -0.25) is 19.6 Å². The number of sulfonamides is 1. The van der Waals surface area contributed by atoms with Gasteiger partial charge in [-0.15, -0.1) is 5.06 Å². The van der Waals surface area contributed by atoms with E-state index in [4.69, 9.17) is 48.8 Å². The third-order valence-corrected chi connectivity index (χ3v) is 12.2. The normalized spacial score (nSPS) is 13.2. The summed E-state index contributed by atoms with van der Waals surface area (Å²) in [5.41, 5.74) is 4.95. The predicted octanol–water partition coefficient (Wildman–Crippen LogP) is 1.93. The largest absolute Gasteiger partial charge is 0.478 e. The summed E-state index contributed by atoms with van der Waals surface area (Å²) in [6.07, 6.45) is 0.620. The number of rotatable bonds is 28. The molecular weight excluding hydrogens is 927 g/mol. The third-order valence-electron chi connectivity index (χ3n) is 9.71. The lowest BCUT2D eigenvalue weighted by atomic mass is 9.89. The molecule has 0 saturated carbocycles. The minimum Gasteiger partial charge on any atom is -0.478 e. The van der Waals surface area contributed by atoms with Crippen LogP contribution in [0.15, 0.2) is 68.9 Å². The number of carbonyl (C=O) groups is 4. The van der Waals surface area contributed by atoms with Gasteiger partial charge in [-0.2, -0.15) is 8.42 Å². The number of hydrogen-bond acceptors (Lipinski definition) is 18. The van der Waals surface area contributed by atoms with Crippen LogP contribution in [0.25, 0.3) is 33.4 Å². The van der Waals surface area contributed by atoms with Crippen LogP contribution < -0.4 is 21.1 Å². The monoisotopic (exact) mass is 977 g/mol. The summed E-state index contributed by atoms with van der Waals surface area (Å²) in [5, 5.41) is 21.5. The van der Waals surface area contributed by atoms with E-state index < -0.39 is 70.0 Å². The number of allylic oxidation sites excluding steroid dienone is 1. The Morgan fingerprint density at radius 1 is 0.821 bits per heavy atom. The smallest absolute Gasteiger partial charge is 0.336 e. The Bertz CT molecular complexity index is 2690. The Labute approximate surface area is 384 Å². The molecule has 2 aliphatic heterocycles. The highest BCUT2D eigenvalue weighted by Crippen LogP contribution is 2.45. The number of benzene rings is 3. The van der Waals surface area contributed by atoms with Gasteiger partial charge in [0.15, 0.2) is 16.2 Å². The number of amides is 2. The van der Waals surface area contributed by atoms with Gasteiger partial charge in [0.1, 0.15) is 4.90 Å². The van der Waals surface area contributed by atoms with Crippen LogP contribution in [0.1, 0.15) is 40.0 Å². The number of carboxylic acids is 1. The molecule has 25 heteroatoms. The standard InChI is InChI=1S/C42H51N5O18S2/c1-26-3-10-34(48)47(26)65-35(49)11-14-59-19-21-62-23-24-63-22-20-61-16-13-46-66(53,54)39-32(43)8-6-29-36(30-7-9-33(44)40(67(55,56)57)38(30)64-37(29)39)28-5-4-27(25-31(28)42(51)52)41(50)45-12-15-60-18-17-58-2/h4-9,25,44,46H,1,3,10-24,43H2,2H3,(H,45,50)(H,51,52)(H,55,56,57). The molecule has 1 fully saturated rings. The number of carboxylic acid groups (broad SMARTS) is 1. The number of hydrogen-bond donors (Lipinski definition) is 6. The molecule has 0 bridgehead atoms. The van der Waals surface area contributed by atoms with Gasteiger partial charge >= 0.3 is 11.9 Å². The molecule has 1 saturated heterocycles. The minimum atomic E-state index is -5.22. The van der Waals surface area contributed by atoms with Gasteiger partial charge < -0.3 is 53.8 Å². The summed E-state index contributed by atoms with van der Waals surface area (Å²) in [5.74, 6) is -3.76. The van der Waals surface area contributed by atoms with E-state index >= 15 is 0 Å². The number of ether oxygens (including phenoxy) is 6. The van der Waals surface area contributed by atoms with E-state index in [1.54, 1.807) is 0 Å². The van der Waals surface area contributed by atoms with Crippen LogP contribution in [0.4, 0.5) is 5.69 Å². The van der Waals surface area contributed by atoms with Crippen LogP contribution in [-0.4, -0.2) is 148 Å². The molecule has 2 aromatic rings. The topological polar surface area (TPSA) is 332 Å². The lowest BCUT2D eigenvalue weighted by Gasteiger charge is -2.21. The molecule has 2 amide bonds. The zero-order chi connectivity index (χ0) is 48.7.